The summed E-state index contributed by atoms with van der Waals surface area (Å²) in [5.74, 6) is 0.164. The van der Waals surface area contributed by atoms with Crippen LogP contribution in [0.4, 0.5) is 10.1 Å². The third-order valence-electron chi connectivity index (χ3n) is 4.53. The standard InChI is InChI=1S/C20H21Cl2FN4OS/c21-15-5-4-13(8-16(15)22)12-28-19-10-18(27-6-2-1-3-7-27)17(23)9-14(19)11-25-26-20(24)29/h4-5,8-11H,1-3,6-7,12H2,(H3,24,26,29)/b25-11+. The van der Waals surface area contributed by atoms with Crippen LogP contribution in [-0.4, -0.2) is 24.4 Å². The van der Waals surface area contributed by atoms with E-state index in [-0.39, 0.29) is 17.5 Å². The molecule has 1 saturated heterocycles. The predicted molar refractivity (Wildman–Crippen MR) is 121 cm³/mol. The van der Waals surface area contributed by atoms with Crippen molar-refractivity contribution in [3.05, 3.63) is 57.3 Å². The molecular formula is C20H21Cl2FN4OS. The Morgan fingerprint density at radius 1 is 1.21 bits per heavy atom. The van der Waals surface area contributed by atoms with E-state index in [2.05, 4.69) is 10.5 Å². The Bertz CT molecular complexity index is 920. The van der Waals surface area contributed by atoms with Crippen LogP contribution in [0.2, 0.25) is 10.0 Å². The molecule has 5 nitrogen and oxygen atoms in total. The lowest BCUT2D eigenvalue weighted by Gasteiger charge is -2.29. The van der Waals surface area contributed by atoms with Crippen LogP contribution < -0.4 is 20.8 Å². The minimum atomic E-state index is -0.328. The van der Waals surface area contributed by atoms with Crippen LogP contribution in [0.1, 0.15) is 30.4 Å². The summed E-state index contributed by atoms with van der Waals surface area (Å²) in [4.78, 5) is 2.04. The number of thiocarbonyl (C=S) groups is 1. The molecule has 1 aliphatic heterocycles. The van der Waals surface area contributed by atoms with Crippen LogP contribution in [0.15, 0.2) is 35.4 Å². The highest BCUT2D eigenvalue weighted by Gasteiger charge is 2.18. The van der Waals surface area contributed by atoms with E-state index in [1.807, 2.05) is 11.0 Å². The first-order chi connectivity index (χ1) is 13.9. The Hall–Kier alpha value is -2.09. The fourth-order valence-corrected chi connectivity index (χ4v) is 3.49. The summed E-state index contributed by atoms with van der Waals surface area (Å²) in [5, 5.41) is 4.87. The van der Waals surface area contributed by atoms with Crippen molar-refractivity contribution in [2.45, 2.75) is 25.9 Å². The molecule has 1 aliphatic rings. The summed E-state index contributed by atoms with van der Waals surface area (Å²) in [6.45, 7) is 1.88. The van der Waals surface area contributed by atoms with Crippen molar-refractivity contribution < 1.29 is 9.13 Å². The minimum absolute atomic E-state index is 0.0185. The monoisotopic (exact) mass is 454 g/mol. The highest BCUT2D eigenvalue weighted by molar-refractivity contribution is 7.80. The van der Waals surface area contributed by atoms with Crippen molar-refractivity contribution in [2.75, 3.05) is 18.0 Å². The normalized spacial score (nSPS) is 14.2. The summed E-state index contributed by atoms with van der Waals surface area (Å²) in [7, 11) is 0. The molecule has 154 valence electrons. The maximum Gasteiger partial charge on any atom is 0.184 e. The number of piperidine rings is 1. The van der Waals surface area contributed by atoms with Gasteiger partial charge in [0.1, 0.15) is 18.2 Å². The second kappa shape index (κ2) is 10.1. The van der Waals surface area contributed by atoms with E-state index in [1.54, 1.807) is 18.2 Å². The average Bonchev–Trinajstić information content (AvgIpc) is 2.70. The number of benzene rings is 2. The second-order valence-corrected chi connectivity index (χ2v) is 7.91. The lowest BCUT2D eigenvalue weighted by molar-refractivity contribution is 0.305. The number of hydrogen-bond donors (Lipinski definition) is 2. The van der Waals surface area contributed by atoms with Gasteiger partial charge in [0.2, 0.25) is 0 Å². The van der Waals surface area contributed by atoms with Crippen molar-refractivity contribution in [3.63, 3.8) is 0 Å². The van der Waals surface area contributed by atoms with E-state index in [1.165, 1.54) is 12.3 Å². The fourth-order valence-electron chi connectivity index (χ4n) is 3.12. The van der Waals surface area contributed by atoms with Crippen molar-refractivity contribution in [1.29, 1.82) is 0 Å². The van der Waals surface area contributed by atoms with Gasteiger partial charge in [-0.15, -0.1) is 0 Å². The topological polar surface area (TPSA) is 62.9 Å². The molecule has 3 N–H and O–H groups in total. The first-order valence-corrected chi connectivity index (χ1v) is 10.3. The van der Waals surface area contributed by atoms with Gasteiger partial charge in [-0.25, -0.2) is 4.39 Å². The van der Waals surface area contributed by atoms with Gasteiger partial charge in [0, 0.05) is 24.7 Å². The van der Waals surface area contributed by atoms with Gasteiger partial charge in [0.15, 0.2) is 5.11 Å². The number of nitrogens with one attached hydrogen (secondary N) is 1. The fraction of sp³-hybridized carbons (Fsp3) is 0.300. The number of rotatable bonds is 6. The van der Waals surface area contributed by atoms with Gasteiger partial charge in [0.25, 0.3) is 0 Å². The molecule has 1 heterocycles. The van der Waals surface area contributed by atoms with Gasteiger partial charge in [-0.05, 0) is 55.2 Å². The molecule has 9 heteroatoms. The van der Waals surface area contributed by atoms with Crippen molar-refractivity contribution in [1.82, 2.24) is 5.43 Å². The molecular weight excluding hydrogens is 434 g/mol. The lowest BCUT2D eigenvalue weighted by Crippen LogP contribution is -2.30. The van der Waals surface area contributed by atoms with E-state index >= 15 is 0 Å². The Morgan fingerprint density at radius 3 is 2.66 bits per heavy atom. The van der Waals surface area contributed by atoms with Crippen LogP contribution in [0.5, 0.6) is 5.75 Å². The number of hydrazone groups is 1. The quantitative estimate of drug-likeness (QED) is 0.370. The zero-order chi connectivity index (χ0) is 20.8. The van der Waals surface area contributed by atoms with Gasteiger partial charge in [0.05, 0.1) is 21.9 Å². The van der Waals surface area contributed by atoms with Gasteiger partial charge in [-0.2, -0.15) is 5.10 Å². The Morgan fingerprint density at radius 2 is 1.97 bits per heavy atom. The molecule has 0 spiro atoms. The van der Waals surface area contributed by atoms with E-state index in [4.69, 9.17) is 45.9 Å². The smallest absolute Gasteiger partial charge is 0.184 e. The number of nitrogens with zero attached hydrogens (tertiary/aromatic N) is 2. The molecule has 2 aromatic carbocycles. The van der Waals surface area contributed by atoms with Crippen LogP contribution in [0, 0.1) is 5.82 Å². The molecule has 0 aromatic heterocycles. The minimum Gasteiger partial charge on any atom is -0.488 e. The molecule has 0 amide bonds. The summed E-state index contributed by atoms with van der Waals surface area (Å²) in [6.07, 6.45) is 4.67. The molecule has 0 saturated carbocycles. The van der Waals surface area contributed by atoms with E-state index in [0.717, 1.165) is 37.9 Å². The molecule has 0 atom stereocenters. The number of nitrogens with two attached hydrogens (primary N) is 1. The van der Waals surface area contributed by atoms with Crippen LogP contribution in [0.3, 0.4) is 0 Å². The first-order valence-electron chi connectivity index (χ1n) is 9.18. The third kappa shape index (κ3) is 5.95. The molecule has 0 radical (unpaired) electrons. The lowest BCUT2D eigenvalue weighted by atomic mass is 10.1. The van der Waals surface area contributed by atoms with E-state index in [9.17, 15) is 4.39 Å². The molecule has 0 aliphatic carbocycles. The molecule has 0 unspecified atom stereocenters. The summed E-state index contributed by atoms with van der Waals surface area (Å²) < 4.78 is 20.8. The van der Waals surface area contributed by atoms with Crippen molar-refractivity contribution in [3.8, 4) is 5.75 Å². The zero-order valence-corrected chi connectivity index (χ0v) is 18.0. The summed E-state index contributed by atoms with van der Waals surface area (Å²) in [6, 6.07) is 8.38. The van der Waals surface area contributed by atoms with Crippen LogP contribution >= 0.6 is 35.4 Å². The van der Waals surface area contributed by atoms with Gasteiger partial charge >= 0.3 is 0 Å². The predicted octanol–water partition coefficient (Wildman–Crippen LogP) is 4.87. The summed E-state index contributed by atoms with van der Waals surface area (Å²) in [5.41, 5.74) is 9.67. The third-order valence-corrected chi connectivity index (χ3v) is 5.36. The Balaban J connectivity index is 1.87. The Kier molecular flexibility index (Phi) is 7.52. The number of hydrogen-bond acceptors (Lipinski definition) is 4. The van der Waals surface area contributed by atoms with Crippen LogP contribution in [0.25, 0.3) is 0 Å². The largest absolute Gasteiger partial charge is 0.488 e. The maximum atomic E-state index is 14.8. The second-order valence-electron chi connectivity index (χ2n) is 6.66. The highest BCUT2D eigenvalue weighted by Crippen LogP contribution is 2.31. The maximum absolute atomic E-state index is 14.8. The first kappa shape index (κ1) is 21.6. The number of ether oxygens (including phenoxy) is 1. The molecule has 1 fully saturated rings. The molecule has 2 aromatic rings. The summed E-state index contributed by atoms with van der Waals surface area (Å²) >= 11 is 16.8. The average molecular weight is 455 g/mol. The Labute approximate surface area is 184 Å². The zero-order valence-electron chi connectivity index (χ0n) is 15.6. The van der Waals surface area contributed by atoms with Crippen LogP contribution in [-0.2, 0) is 6.61 Å². The number of anilines is 1. The van der Waals surface area contributed by atoms with Gasteiger partial charge in [-0.1, -0.05) is 29.3 Å². The number of halogens is 3. The van der Waals surface area contributed by atoms with Gasteiger partial charge < -0.3 is 15.4 Å². The molecule has 29 heavy (non-hydrogen) atoms. The highest BCUT2D eigenvalue weighted by atomic mass is 35.5. The van der Waals surface area contributed by atoms with Crippen molar-refractivity contribution >= 4 is 52.4 Å². The molecule has 3 rings (SSSR count). The van der Waals surface area contributed by atoms with E-state index < -0.39 is 0 Å². The molecule has 0 bridgehead atoms. The van der Waals surface area contributed by atoms with Gasteiger partial charge in [-0.3, -0.25) is 5.43 Å². The SMILES string of the molecule is NC(=S)N/N=C/c1cc(F)c(N2CCCCC2)cc1OCc1ccc(Cl)c(Cl)c1. The van der Waals surface area contributed by atoms with Crippen molar-refractivity contribution in [2.24, 2.45) is 10.8 Å². The van der Waals surface area contributed by atoms with E-state index in [0.29, 0.717) is 27.0 Å².